The summed E-state index contributed by atoms with van der Waals surface area (Å²) in [5, 5.41) is 0. The molecule has 2 atom stereocenters. The van der Waals surface area contributed by atoms with E-state index in [1.165, 1.54) is 6.33 Å². The van der Waals surface area contributed by atoms with E-state index in [-0.39, 0.29) is 49.4 Å². The predicted octanol–water partition coefficient (Wildman–Crippen LogP) is 0.762. The molecule has 2 aromatic rings. The highest BCUT2D eigenvalue weighted by Gasteiger charge is 2.40. The largest absolute Gasteiger partial charge is 0.490 e. The number of nitrogens with two attached hydrogens (primary N) is 2. The monoisotopic (exact) mass is 530 g/mol. The second kappa shape index (κ2) is 13.2. The van der Waals surface area contributed by atoms with Crippen molar-refractivity contribution < 1.29 is 46.4 Å². The van der Waals surface area contributed by atoms with Crippen LogP contribution in [0.1, 0.15) is 12.8 Å². The number of anilines is 2. The Bertz CT molecular complexity index is 998. The van der Waals surface area contributed by atoms with Crippen molar-refractivity contribution in [1.82, 2.24) is 44.1 Å². The lowest BCUT2D eigenvalue weighted by molar-refractivity contribution is 0.169. The van der Waals surface area contributed by atoms with E-state index in [0.717, 1.165) is 0 Å². The molecule has 0 bridgehead atoms. The van der Waals surface area contributed by atoms with E-state index >= 15 is 0 Å². The molecule has 2 unspecified atom stereocenters. The summed E-state index contributed by atoms with van der Waals surface area (Å²) >= 11 is 0. The van der Waals surface area contributed by atoms with E-state index in [9.17, 15) is 18.6 Å². The van der Waals surface area contributed by atoms with Crippen molar-refractivity contribution >= 4 is 46.4 Å². The van der Waals surface area contributed by atoms with E-state index < -0.39 is 23.5 Å². The SMILES string of the molecule is N.N.N.N.Nc1nc(N)c2ncn(CCCCOP(=O)(O)OP(=O)(O)OP(=O)(O)O)c2n1. The van der Waals surface area contributed by atoms with E-state index in [4.69, 9.17) is 26.1 Å². The summed E-state index contributed by atoms with van der Waals surface area (Å²) in [6.07, 6.45) is 2.04. The van der Waals surface area contributed by atoms with E-state index in [0.29, 0.717) is 24.1 Å². The molecule has 0 amide bonds. The van der Waals surface area contributed by atoms with Crippen molar-refractivity contribution in [2.24, 2.45) is 0 Å². The molecule has 0 aliphatic carbocycles. The molecule has 0 aromatic carbocycles. The smallest absolute Gasteiger partial charge is 0.382 e. The van der Waals surface area contributed by atoms with Gasteiger partial charge in [0.25, 0.3) is 0 Å². The molecular formula is C9H29N10O10P3. The van der Waals surface area contributed by atoms with Crippen LogP contribution in [0.5, 0.6) is 0 Å². The summed E-state index contributed by atoms with van der Waals surface area (Å²) in [4.78, 5) is 47.0. The summed E-state index contributed by atoms with van der Waals surface area (Å²) < 4.78 is 46.5. The maximum absolute atomic E-state index is 11.5. The number of hydrogen-bond acceptors (Lipinski definition) is 15. The molecule has 2 rings (SSSR count). The molecule has 32 heavy (non-hydrogen) atoms. The summed E-state index contributed by atoms with van der Waals surface area (Å²) in [5.41, 5.74) is 12.0. The highest BCUT2D eigenvalue weighted by atomic mass is 31.3. The first kappa shape index (κ1) is 35.0. The Hall–Kier alpha value is -1.60. The number of imidazole rings is 1. The molecule has 2 heterocycles. The summed E-state index contributed by atoms with van der Waals surface area (Å²) in [7, 11) is -16.1. The van der Waals surface area contributed by atoms with Crippen molar-refractivity contribution in [2.45, 2.75) is 19.4 Å². The van der Waals surface area contributed by atoms with Gasteiger partial charge in [-0.2, -0.15) is 18.6 Å². The van der Waals surface area contributed by atoms with Crippen molar-refractivity contribution in [3.05, 3.63) is 6.33 Å². The lowest BCUT2D eigenvalue weighted by atomic mass is 10.3. The number of fused-ring (bicyclic) bond motifs is 1. The zero-order valence-electron chi connectivity index (χ0n) is 16.8. The van der Waals surface area contributed by atoms with Crippen LogP contribution in [0.2, 0.25) is 0 Å². The summed E-state index contributed by atoms with van der Waals surface area (Å²) in [6, 6.07) is 0. The second-order valence-electron chi connectivity index (χ2n) is 5.21. The molecule has 190 valence electrons. The molecule has 0 spiro atoms. The van der Waals surface area contributed by atoms with Gasteiger partial charge in [0.05, 0.1) is 12.9 Å². The minimum absolute atomic E-state index is 0. The fourth-order valence-electron chi connectivity index (χ4n) is 2.01. The Morgan fingerprint density at radius 3 is 2.06 bits per heavy atom. The van der Waals surface area contributed by atoms with Gasteiger partial charge in [-0.3, -0.25) is 4.52 Å². The maximum atomic E-state index is 11.5. The second-order valence-corrected chi connectivity index (χ2v) is 9.63. The van der Waals surface area contributed by atoms with Crippen molar-refractivity contribution in [3.8, 4) is 0 Å². The lowest BCUT2D eigenvalue weighted by Crippen LogP contribution is -2.04. The fourth-order valence-corrected chi connectivity index (χ4v) is 5.07. The zero-order chi connectivity index (χ0) is 21.2. The molecule has 0 fully saturated rings. The van der Waals surface area contributed by atoms with Crippen LogP contribution < -0.4 is 36.1 Å². The van der Waals surface area contributed by atoms with Crippen LogP contribution in [0.3, 0.4) is 0 Å². The van der Waals surface area contributed by atoms with Crippen molar-refractivity contribution in [2.75, 3.05) is 18.1 Å². The van der Waals surface area contributed by atoms with Gasteiger partial charge in [-0.15, -0.1) is 0 Å². The number of aromatic nitrogens is 4. The number of hydrogen-bond donors (Lipinski definition) is 10. The first-order valence-corrected chi connectivity index (χ1v) is 11.8. The summed E-state index contributed by atoms with van der Waals surface area (Å²) in [6.45, 7) is -0.0261. The number of rotatable bonds is 10. The van der Waals surface area contributed by atoms with Crippen LogP contribution >= 0.6 is 23.5 Å². The number of nitrogens with zero attached hydrogens (tertiary/aromatic N) is 4. The molecule has 20 nitrogen and oxygen atoms in total. The minimum atomic E-state index is -5.52. The van der Waals surface area contributed by atoms with E-state index in [2.05, 4.69) is 28.1 Å². The molecule has 0 radical (unpaired) electrons. The van der Waals surface area contributed by atoms with Gasteiger partial charge in [-0.25, -0.2) is 18.7 Å². The number of aryl methyl sites for hydroxylation is 1. The van der Waals surface area contributed by atoms with Crippen LogP contribution in [-0.2, 0) is 33.4 Å². The third kappa shape index (κ3) is 10.8. The number of unbranched alkanes of at least 4 members (excludes halogenated alkanes) is 1. The minimum Gasteiger partial charge on any atom is -0.382 e. The van der Waals surface area contributed by atoms with Crippen LogP contribution in [0, 0.1) is 0 Å². The van der Waals surface area contributed by atoms with Crippen LogP contribution in [0.15, 0.2) is 6.33 Å². The zero-order valence-corrected chi connectivity index (χ0v) is 19.4. The number of phosphoric ester groups is 1. The van der Waals surface area contributed by atoms with Gasteiger partial charge < -0.3 is 60.2 Å². The Balaban J connectivity index is -0.00000210. The standard InChI is InChI=1S/C9H17N6O10P3.4H3N/c10-7-6-8(14-9(11)13-7)15(5-12-6)3-1-2-4-23-27(19,20)25-28(21,22)24-26(16,17)18;;;;/h5H,1-4H2,(H,19,20)(H,21,22)(H2,16,17,18)(H4,10,11,13,14);4*1H3. The molecule has 0 saturated carbocycles. The van der Waals surface area contributed by atoms with Crippen molar-refractivity contribution in [3.63, 3.8) is 0 Å². The number of phosphoric acid groups is 3. The maximum Gasteiger partial charge on any atom is 0.490 e. The Morgan fingerprint density at radius 1 is 0.906 bits per heavy atom. The molecule has 0 aliphatic heterocycles. The van der Waals surface area contributed by atoms with Gasteiger partial charge in [-0.05, 0) is 12.8 Å². The topological polar surface area (TPSA) is 395 Å². The Labute approximate surface area is 181 Å². The Kier molecular flexibility index (Phi) is 14.4. The molecule has 2 aromatic heterocycles. The molecule has 20 N–H and O–H groups in total. The van der Waals surface area contributed by atoms with Crippen molar-refractivity contribution in [1.29, 1.82) is 0 Å². The average Bonchev–Trinajstić information content (AvgIpc) is 2.86. The predicted molar refractivity (Wildman–Crippen MR) is 113 cm³/mol. The Morgan fingerprint density at radius 2 is 1.50 bits per heavy atom. The first-order valence-electron chi connectivity index (χ1n) is 7.30. The third-order valence-corrected chi connectivity index (χ3v) is 6.81. The average molecular weight is 530 g/mol. The highest BCUT2D eigenvalue weighted by molar-refractivity contribution is 7.66. The fraction of sp³-hybridized carbons (Fsp3) is 0.444. The van der Waals surface area contributed by atoms with Gasteiger partial charge in [0, 0.05) is 6.54 Å². The van der Waals surface area contributed by atoms with Gasteiger partial charge in [0.1, 0.15) is 5.52 Å². The van der Waals surface area contributed by atoms with Gasteiger partial charge in [-0.1, -0.05) is 0 Å². The quantitative estimate of drug-likeness (QED) is 0.149. The highest BCUT2D eigenvalue weighted by Crippen LogP contribution is 2.66. The normalized spacial score (nSPS) is 14.6. The van der Waals surface area contributed by atoms with E-state index in [1.807, 2.05) is 0 Å². The van der Waals surface area contributed by atoms with Gasteiger partial charge >= 0.3 is 23.5 Å². The molecule has 0 aliphatic rings. The van der Waals surface area contributed by atoms with Crippen LogP contribution in [0.4, 0.5) is 11.8 Å². The first-order chi connectivity index (χ1) is 12.8. The third-order valence-electron chi connectivity index (χ3n) is 2.97. The van der Waals surface area contributed by atoms with E-state index in [1.54, 1.807) is 4.57 Å². The van der Waals surface area contributed by atoms with Gasteiger partial charge in [0.2, 0.25) is 5.95 Å². The van der Waals surface area contributed by atoms with Crippen LogP contribution in [0.25, 0.3) is 11.2 Å². The number of nitrogen functional groups attached to an aromatic ring is 2. The molecule has 0 saturated heterocycles. The molecule has 23 heteroatoms. The van der Waals surface area contributed by atoms with Crippen LogP contribution in [-0.4, -0.2) is 45.7 Å². The summed E-state index contributed by atoms with van der Waals surface area (Å²) in [5.74, 6) is 0.0910. The van der Waals surface area contributed by atoms with Gasteiger partial charge in [0.15, 0.2) is 11.5 Å². The lowest BCUT2D eigenvalue weighted by Gasteiger charge is -2.16. The molecular weight excluding hydrogens is 501 g/mol.